The van der Waals surface area contributed by atoms with Crippen LogP contribution < -0.4 is 10.5 Å². The first-order valence-corrected chi connectivity index (χ1v) is 5.06. The number of hydrogen-bond donors (Lipinski definition) is 1. The SMILES string of the molecule is CCOC(=O)C=COc1ccc(Cl)cc1N. The third kappa shape index (κ3) is 3.82. The molecule has 0 amide bonds. The van der Waals surface area contributed by atoms with Gasteiger partial charge >= 0.3 is 5.97 Å². The standard InChI is InChI=1S/C11H12ClNO3/c1-2-15-11(14)5-6-16-10-4-3-8(12)7-9(10)13/h3-7H,2,13H2,1H3. The summed E-state index contributed by atoms with van der Waals surface area (Å²) in [4.78, 5) is 10.9. The molecule has 16 heavy (non-hydrogen) atoms. The Balaban J connectivity index is 2.57. The lowest BCUT2D eigenvalue weighted by molar-refractivity contribution is -0.137. The number of anilines is 1. The first-order valence-electron chi connectivity index (χ1n) is 4.68. The maximum Gasteiger partial charge on any atom is 0.333 e. The van der Waals surface area contributed by atoms with Crippen molar-refractivity contribution < 1.29 is 14.3 Å². The molecule has 0 heterocycles. The number of hydrogen-bond acceptors (Lipinski definition) is 4. The zero-order valence-electron chi connectivity index (χ0n) is 8.77. The molecule has 86 valence electrons. The van der Waals surface area contributed by atoms with Gasteiger partial charge in [0.1, 0.15) is 5.75 Å². The predicted molar refractivity (Wildman–Crippen MR) is 62.3 cm³/mol. The van der Waals surface area contributed by atoms with Gasteiger partial charge in [0.25, 0.3) is 0 Å². The van der Waals surface area contributed by atoms with Gasteiger partial charge in [-0.2, -0.15) is 0 Å². The lowest BCUT2D eigenvalue weighted by Gasteiger charge is -2.04. The van der Waals surface area contributed by atoms with E-state index < -0.39 is 5.97 Å². The van der Waals surface area contributed by atoms with Gasteiger partial charge in [-0.25, -0.2) is 4.79 Å². The highest BCUT2D eigenvalue weighted by Gasteiger charge is 2.00. The Labute approximate surface area is 98.6 Å². The van der Waals surface area contributed by atoms with E-state index in [1.165, 1.54) is 12.3 Å². The number of carbonyl (C=O) groups excluding carboxylic acids is 1. The Morgan fingerprint density at radius 1 is 1.56 bits per heavy atom. The van der Waals surface area contributed by atoms with Crippen LogP contribution in [0.15, 0.2) is 30.5 Å². The molecule has 0 unspecified atom stereocenters. The number of halogens is 1. The van der Waals surface area contributed by atoms with Gasteiger partial charge in [-0.1, -0.05) is 11.6 Å². The monoisotopic (exact) mass is 241 g/mol. The molecule has 1 rings (SSSR count). The van der Waals surface area contributed by atoms with E-state index in [1.807, 2.05) is 0 Å². The molecule has 1 aromatic rings. The van der Waals surface area contributed by atoms with Crippen molar-refractivity contribution in [3.8, 4) is 5.75 Å². The molecule has 0 saturated carbocycles. The molecule has 5 heteroatoms. The van der Waals surface area contributed by atoms with E-state index in [9.17, 15) is 4.79 Å². The maximum absolute atomic E-state index is 10.9. The first-order chi connectivity index (χ1) is 7.63. The Kier molecular flexibility index (Phi) is 4.66. The predicted octanol–water partition coefficient (Wildman–Crippen LogP) is 2.38. The molecule has 0 atom stereocenters. The van der Waals surface area contributed by atoms with E-state index in [-0.39, 0.29) is 0 Å². The lowest BCUT2D eigenvalue weighted by atomic mass is 10.3. The fraction of sp³-hybridized carbons (Fsp3) is 0.182. The highest BCUT2D eigenvalue weighted by atomic mass is 35.5. The van der Waals surface area contributed by atoms with E-state index in [1.54, 1.807) is 25.1 Å². The third-order valence-electron chi connectivity index (χ3n) is 1.66. The third-order valence-corrected chi connectivity index (χ3v) is 1.89. The second kappa shape index (κ2) is 6.02. The van der Waals surface area contributed by atoms with Crippen molar-refractivity contribution in [2.75, 3.05) is 12.3 Å². The van der Waals surface area contributed by atoms with Crippen LogP contribution in [0.4, 0.5) is 5.69 Å². The lowest BCUT2D eigenvalue weighted by Crippen LogP contribution is -2.00. The molecule has 0 fully saturated rings. The number of carbonyl (C=O) groups is 1. The molecule has 0 aromatic heterocycles. The largest absolute Gasteiger partial charge is 0.463 e. The average Bonchev–Trinajstić information content (AvgIpc) is 2.22. The minimum absolute atomic E-state index is 0.326. The molecule has 0 saturated heterocycles. The molecule has 0 radical (unpaired) electrons. The van der Waals surface area contributed by atoms with Gasteiger partial charge in [-0.05, 0) is 25.1 Å². The summed E-state index contributed by atoms with van der Waals surface area (Å²) >= 11 is 5.71. The van der Waals surface area contributed by atoms with Gasteiger partial charge in [-0.15, -0.1) is 0 Å². The van der Waals surface area contributed by atoms with Gasteiger partial charge in [0.15, 0.2) is 0 Å². The van der Waals surface area contributed by atoms with Crippen LogP contribution in [-0.4, -0.2) is 12.6 Å². The van der Waals surface area contributed by atoms with Crippen LogP contribution in [0.3, 0.4) is 0 Å². The van der Waals surface area contributed by atoms with Gasteiger partial charge in [0, 0.05) is 5.02 Å². The molecule has 0 bridgehead atoms. The molecule has 1 aromatic carbocycles. The summed E-state index contributed by atoms with van der Waals surface area (Å²) in [6.45, 7) is 2.05. The summed E-state index contributed by atoms with van der Waals surface area (Å²) in [6.07, 6.45) is 2.40. The van der Waals surface area contributed by atoms with Crippen LogP contribution in [-0.2, 0) is 9.53 Å². The molecule has 4 nitrogen and oxygen atoms in total. The maximum atomic E-state index is 10.9. The van der Waals surface area contributed by atoms with E-state index in [0.717, 1.165) is 0 Å². The topological polar surface area (TPSA) is 61.5 Å². The van der Waals surface area contributed by atoms with Crippen molar-refractivity contribution in [1.82, 2.24) is 0 Å². The average molecular weight is 242 g/mol. The van der Waals surface area contributed by atoms with E-state index in [0.29, 0.717) is 23.1 Å². The number of benzene rings is 1. The highest BCUT2D eigenvalue weighted by molar-refractivity contribution is 6.30. The zero-order valence-corrected chi connectivity index (χ0v) is 9.53. The van der Waals surface area contributed by atoms with Crippen molar-refractivity contribution in [3.05, 3.63) is 35.6 Å². The Hall–Kier alpha value is -1.68. The molecule has 0 aliphatic rings. The summed E-state index contributed by atoms with van der Waals surface area (Å²) in [5.74, 6) is -0.0278. The molecule has 2 N–H and O–H groups in total. The van der Waals surface area contributed by atoms with Crippen molar-refractivity contribution >= 4 is 23.3 Å². The quantitative estimate of drug-likeness (QED) is 0.381. The van der Waals surface area contributed by atoms with Crippen molar-refractivity contribution in [3.63, 3.8) is 0 Å². The van der Waals surface area contributed by atoms with Crippen molar-refractivity contribution in [2.24, 2.45) is 0 Å². The van der Waals surface area contributed by atoms with Crippen molar-refractivity contribution in [1.29, 1.82) is 0 Å². The van der Waals surface area contributed by atoms with Crippen LogP contribution in [0.5, 0.6) is 5.75 Å². The fourth-order valence-electron chi connectivity index (χ4n) is 0.980. The number of nitrogen functional groups attached to an aromatic ring is 1. The van der Waals surface area contributed by atoms with Gasteiger partial charge in [0.05, 0.1) is 24.6 Å². The van der Waals surface area contributed by atoms with Gasteiger partial charge in [0.2, 0.25) is 0 Å². The van der Waals surface area contributed by atoms with E-state index in [2.05, 4.69) is 4.74 Å². The number of nitrogens with two attached hydrogens (primary N) is 1. The molecular weight excluding hydrogens is 230 g/mol. The number of esters is 1. The Morgan fingerprint density at radius 2 is 2.31 bits per heavy atom. The van der Waals surface area contributed by atoms with Crippen LogP contribution in [0.25, 0.3) is 0 Å². The summed E-state index contributed by atoms with van der Waals surface area (Å²) in [5, 5.41) is 0.527. The second-order valence-corrected chi connectivity index (χ2v) is 3.29. The molecule has 0 aliphatic heterocycles. The van der Waals surface area contributed by atoms with Crippen LogP contribution in [0, 0.1) is 0 Å². The van der Waals surface area contributed by atoms with Crippen LogP contribution >= 0.6 is 11.6 Å². The van der Waals surface area contributed by atoms with Gasteiger partial charge in [-0.3, -0.25) is 0 Å². The van der Waals surface area contributed by atoms with Crippen molar-refractivity contribution in [2.45, 2.75) is 6.92 Å². The Morgan fingerprint density at radius 3 is 2.94 bits per heavy atom. The molecular formula is C11H12ClNO3. The van der Waals surface area contributed by atoms with Crippen LogP contribution in [0.1, 0.15) is 6.92 Å². The second-order valence-electron chi connectivity index (χ2n) is 2.85. The minimum Gasteiger partial charge on any atom is -0.463 e. The Bertz CT molecular complexity index is 404. The van der Waals surface area contributed by atoms with Gasteiger partial charge < -0.3 is 15.2 Å². The minimum atomic E-state index is -0.463. The van der Waals surface area contributed by atoms with Crippen LogP contribution in [0.2, 0.25) is 5.02 Å². The molecule has 0 spiro atoms. The smallest absolute Gasteiger partial charge is 0.333 e. The first kappa shape index (κ1) is 12.4. The number of ether oxygens (including phenoxy) is 2. The zero-order chi connectivity index (χ0) is 12.0. The fourth-order valence-corrected chi connectivity index (χ4v) is 1.16. The normalized spacial score (nSPS) is 10.4. The highest BCUT2D eigenvalue weighted by Crippen LogP contribution is 2.24. The summed E-state index contributed by atoms with van der Waals surface area (Å²) in [7, 11) is 0. The number of rotatable bonds is 4. The van der Waals surface area contributed by atoms with E-state index in [4.69, 9.17) is 22.1 Å². The summed E-state index contributed by atoms with van der Waals surface area (Å²) in [6, 6.07) is 4.83. The van der Waals surface area contributed by atoms with E-state index >= 15 is 0 Å². The molecule has 0 aliphatic carbocycles. The summed E-state index contributed by atoms with van der Waals surface area (Å²) in [5.41, 5.74) is 6.04. The summed E-state index contributed by atoms with van der Waals surface area (Å²) < 4.78 is 9.81.